The lowest BCUT2D eigenvalue weighted by Crippen LogP contribution is -2.32. The minimum absolute atomic E-state index is 0.0681. The molecule has 1 rings (SSSR count). The molecule has 2 amide bonds. The summed E-state index contributed by atoms with van der Waals surface area (Å²) in [6.07, 6.45) is 3.31. The highest BCUT2D eigenvalue weighted by Crippen LogP contribution is 2.11. The topological polar surface area (TPSA) is 58.2 Å². The van der Waals surface area contributed by atoms with Crippen molar-refractivity contribution in [2.75, 3.05) is 5.32 Å². The molecule has 4 nitrogen and oxygen atoms in total. The number of anilines is 1. The Morgan fingerprint density at radius 3 is 2.19 bits per heavy atom. The van der Waals surface area contributed by atoms with Crippen molar-refractivity contribution in [2.24, 2.45) is 5.92 Å². The molecule has 1 atom stereocenters. The van der Waals surface area contributed by atoms with E-state index in [1.807, 2.05) is 6.92 Å². The Kier molecular flexibility index (Phi) is 6.92. The summed E-state index contributed by atoms with van der Waals surface area (Å²) in [6, 6.07) is 7.09. The van der Waals surface area contributed by atoms with Crippen LogP contribution in [0.2, 0.25) is 0 Å². The van der Waals surface area contributed by atoms with E-state index in [1.54, 1.807) is 24.3 Å². The first-order chi connectivity index (χ1) is 9.88. The molecular formula is C17H26N2O2. The lowest BCUT2D eigenvalue weighted by molar-refractivity contribution is -0.114. The van der Waals surface area contributed by atoms with Crippen LogP contribution in [-0.2, 0) is 4.79 Å². The summed E-state index contributed by atoms with van der Waals surface area (Å²) in [5, 5.41) is 5.68. The number of benzene rings is 1. The lowest BCUT2D eigenvalue weighted by atomic mass is 10.0. The van der Waals surface area contributed by atoms with Crippen molar-refractivity contribution >= 4 is 17.5 Å². The molecule has 116 valence electrons. The van der Waals surface area contributed by atoms with Crippen molar-refractivity contribution in [1.29, 1.82) is 0 Å². The minimum Gasteiger partial charge on any atom is -0.350 e. The van der Waals surface area contributed by atoms with Crippen molar-refractivity contribution in [1.82, 2.24) is 5.32 Å². The smallest absolute Gasteiger partial charge is 0.251 e. The van der Waals surface area contributed by atoms with Crippen LogP contribution in [0.5, 0.6) is 0 Å². The third kappa shape index (κ3) is 6.93. The average Bonchev–Trinajstić information content (AvgIpc) is 2.38. The first kappa shape index (κ1) is 17.2. The standard InChI is InChI=1S/C17H26N2O2/c1-12(2)6-5-7-13(3)18-17(21)15-8-10-16(11-9-15)19-14(4)20/h8-13H,5-7H2,1-4H3,(H,18,21)(H,19,20). The van der Waals surface area contributed by atoms with Crippen LogP contribution >= 0.6 is 0 Å². The zero-order chi connectivity index (χ0) is 15.8. The molecule has 0 aliphatic carbocycles. The van der Waals surface area contributed by atoms with Gasteiger partial charge in [-0.25, -0.2) is 0 Å². The van der Waals surface area contributed by atoms with Gasteiger partial charge in [0, 0.05) is 24.2 Å². The van der Waals surface area contributed by atoms with Gasteiger partial charge in [0.05, 0.1) is 0 Å². The molecule has 0 aliphatic rings. The molecule has 1 aromatic rings. The van der Waals surface area contributed by atoms with Crippen LogP contribution in [0.4, 0.5) is 5.69 Å². The third-order valence-electron chi connectivity index (χ3n) is 3.26. The van der Waals surface area contributed by atoms with E-state index in [0.29, 0.717) is 17.2 Å². The Balaban J connectivity index is 2.45. The van der Waals surface area contributed by atoms with Crippen LogP contribution in [-0.4, -0.2) is 17.9 Å². The van der Waals surface area contributed by atoms with Crippen LogP contribution in [0.3, 0.4) is 0 Å². The summed E-state index contributed by atoms with van der Waals surface area (Å²) in [4.78, 5) is 23.0. The SMILES string of the molecule is CC(=O)Nc1ccc(C(=O)NC(C)CCCC(C)C)cc1. The van der Waals surface area contributed by atoms with Crippen molar-refractivity contribution in [3.63, 3.8) is 0 Å². The van der Waals surface area contributed by atoms with Gasteiger partial charge in [-0.2, -0.15) is 0 Å². The van der Waals surface area contributed by atoms with Crippen molar-refractivity contribution in [3.8, 4) is 0 Å². The van der Waals surface area contributed by atoms with Crippen LogP contribution in [0, 0.1) is 5.92 Å². The maximum absolute atomic E-state index is 12.1. The Morgan fingerprint density at radius 2 is 1.67 bits per heavy atom. The fraction of sp³-hybridized carbons (Fsp3) is 0.529. The summed E-state index contributed by atoms with van der Waals surface area (Å²) in [7, 11) is 0. The highest BCUT2D eigenvalue weighted by atomic mass is 16.2. The Hall–Kier alpha value is -1.84. The van der Waals surface area contributed by atoms with E-state index < -0.39 is 0 Å². The van der Waals surface area contributed by atoms with Crippen molar-refractivity contribution in [3.05, 3.63) is 29.8 Å². The van der Waals surface area contributed by atoms with Gasteiger partial charge >= 0.3 is 0 Å². The van der Waals surface area contributed by atoms with Gasteiger partial charge in [0.1, 0.15) is 0 Å². The quantitative estimate of drug-likeness (QED) is 0.806. The maximum atomic E-state index is 12.1. The Morgan fingerprint density at radius 1 is 1.05 bits per heavy atom. The number of amides is 2. The molecule has 0 saturated heterocycles. The summed E-state index contributed by atoms with van der Waals surface area (Å²) in [5.74, 6) is 0.515. The summed E-state index contributed by atoms with van der Waals surface area (Å²) < 4.78 is 0. The third-order valence-corrected chi connectivity index (χ3v) is 3.26. The number of carbonyl (C=O) groups excluding carboxylic acids is 2. The molecule has 0 aromatic heterocycles. The monoisotopic (exact) mass is 290 g/mol. The molecule has 0 aliphatic heterocycles. The molecule has 2 N–H and O–H groups in total. The molecule has 0 spiro atoms. The van der Waals surface area contributed by atoms with Crippen LogP contribution in [0.25, 0.3) is 0 Å². The first-order valence-electron chi connectivity index (χ1n) is 7.57. The predicted octanol–water partition coefficient (Wildman–Crippen LogP) is 3.59. The van der Waals surface area contributed by atoms with Crippen molar-refractivity contribution in [2.45, 2.75) is 53.0 Å². The second-order valence-corrected chi connectivity index (χ2v) is 5.96. The van der Waals surface area contributed by atoms with Crippen LogP contribution in [0.15, 0.2) is 24.3 Å². The fourth-order valence-electron chi connectivity index (χ4n) is 2.12. The van der Waals surface area contributed by atoms with Crippen LogP contribution in [0.1, 0.15) is 57.3 Å². The summed E-state index contributed by atoms with van der Waals surface area (Å²) >= 11 is 0. The van der Waals surface area contributed by atoms with Gasteiger partial charge in [-0.15, -0.1) is 0 Å². The van der Waals surface area contributed by atoms with E-state index in [4.69, 9.17) is 0 Å². The Bertz CT molecular complexity index is 466. The van der Waals surface area contributed by atoms with E-state index in [2.05, 4.69) is 24.5 Å². The van der Waals surface area contributed by atoms with Gasteiger partial charge in [0.2, 0.25) is 5.91 Å². The maximum Gasteiger partial charge on any atom is 0.251 e. The molecule has 1 unspecified atom stereocenters. The molecule has 1 aromatic carbocycles. The van der Waals surface area contributed by atoms with Crippen LogP contribution < -0.4 is 10.6 Å². The number of nitrogens with one attached hydrogen (secondary N) is 2. The number of hydrogen-bond acceptors (Lipinski definition) is 2. The summed E-state index contributed by atoms with van der Waals surface area (Å²) in [5.41, 5.74) is 1.31. The van der Waals surface area contributed by atoms with E-state index in [9.17, 15) is 9.59 Å². The zero-order valence-electron chi connectivity index (χ0n) is 13.4. The molecule has 0 fully saturated rings. The highest BCUT2D eigenvalue weighted by molar-refractivity contribution is 5.95. The van der Waals surface area contributed by atoms with Gasteiger partial charge in [0.15, 0.2) is 0 Å². The second kappa shape index (κ2) is 8.45. The van der Waals surface area contributed by atoms with Gasteiger partial charge in [0.25, 0.3) is 5.91 Å². The van der Waals surface area contributed by atoms with E-state index in [1.165, 1.54) is 13.3 Å². The Labute approximate surface area is 127 Å². The lowest BCUT2D eigenvalue weighted by Gasteiger charge is -2.14. The molecular weight excluding hydrogens is 264 g/mol. The van der Waals surface area contributed by atoms with Gasteiger partial charge in [-0.1, -0.05) is 26.7 Å². The largest absolute Gasteiger partial charge is 0.350 e. The van der Waals surface area contributed by atoms with Crippen molar-refractivity contribution < 1.29 is 9.59 Å². The first-order valence-corrected chi connectivity index (χ1v) is 7.57. The van der Waals surface area contributed by atoms with Gasteiger partial charge in [-0.3, -0.25) is 9.59 Å². The van der Waals surface area contributed by atoms with E-state index in [0.717, 1.165) is 12.8 Å². The molecule has 21 heavy (non-hydrogen) atoms. The normalized spacial score (nSPS) is 12.0. The molecule has 0 heterocycles. The zero-order valence-corrected chi connectivity index (χ0v) is 13.4. The molecule has 0 bridgehead atoms. The molecule has 0 radical (unpaired) electrons. The predicted molar refractivity (Wildman–Crippen MR) is 86.4 cm³/mol. The number of hydrogen-bond donors (Lipinski definition) is 2. The number of rotatable bonds is 7. The highest BCUT2D eigenvalue weighted by Gasteiger charge is 2.10. The van der Waals surface area contributed by atoms with Gasteiger partial charge in [-0.05, 0) is 43.5 Å². The minimum atomic E-state index is -0.119. The molecule has 4 heteroatoms. The van der Waals surface area contributed by atoms with E-state index in [-0.39, 0.29) is 17.9 Å². The van der Waals surface area contributed by atoms with Gasteiger partial charge < -0.3 is 10.6 Å². The number of carbonyl (C=O) groups is 2. The fourth-order valence-corrected chi connectivity index (χ4v) is 2.12. The summed E-state index contributed by atoms with van der Waals surface area (Å²) in [6.45, 7) is 7.91. The molecule has 0 saturated carbocycles. The average molecular weight is 290 g/mol. The second-order valence-electron chi connectivity index (χ2n) is 5.96. The van der Waals surface area contributed by atoms with E-state index >= 15 is 0 Å².